The van der Waals surface area contributed by atoms with Crippen molar-refractivity contribution in [3.8, 4) is 0 Å². The lowest BCUT2D eigenvalue weighted by atomic mass is 10.1. The highest BCUT2D eigenvalue weighted by atomic mass is 79.9. The number of rotatable bonds is 2. The van der Waals surface area contributed by atoms with Gasteiger partial charge < -0.3 is 0 Å². The van der Waals surface area contributed by atoms with Crippen LogP contribution in [0, 0.1) is 12.7 Å². The molecule has 16 heavy (non-hydrogen) atoms. The van der Waals surface area contributed by atoms with E-state index < -0.39 is 0 Å². The highest BCUT2D eigenvalue weighted by Gasteiger charge is 2.14. The maximum Gasteiger partial charge on any atom is 0.130 e. The molecule has 0 spiro atoms. The Bertz CT molecular complexity index is 372. The van der Waals surface area contributed by atoms with Gasteiger partial charge >= 0.3 is 0 Å². The maximum atomic E-state index is 13.9. The number of aryl methyl sites for hydroxylation is 1. The minimum absolute atomic E-state index is 0.0474. The van der Waals surface area contributed by atoms with Crippen molar-refractivity contribution in [1.29, 1.82) is 0 Å². The zero-order valence-corrected chi connectivity index (χ0v) is 11.2. The van der Waals surface area contributed by atoms with Crippen LogP contribution < -0.4 is 0 Å². The normalized spacial score (nSPS) is 17.7. The molecule has 1 nitrogen and oxygen atoms in total. The summed E-state index contributed by atoms with van der Waals surface area (Å²) in [6.07, 6.45) is 3.81. The SMILES string of the molecule is Cc1cc(Br)cc(CN2CCCCC2)c1F. The molecule has 0 bridgehead atoms. The average Bonchev–Trinajstić information content (AvgIpc) is 2.27. The second kappa shape index (κ2) is 5.28. The van der Waals surface area contributed by atoms with E-state index in [0.29, 0.717) is 0 Å². The summed E-state index contributed by atoms with van der Waals surface area (Å²) in [7, 11) is 0. The molecule has 1 fully saturated rings. The van der Waals surface area contributed by atoms with E-state index in [9.17, 15) is 4.39 Å². The van der Waals surface area contributed by atoms with Crippen LogP contribution in [0.1, 0.15) is 30.4 Å². The molecule has 1 aliphatic heterocycles. The summed E-state index contributed by atoms with van der Waals surface area (Å²) >= 11 is 3.43. The Labute approximate surface area is 105 Å². The molecule has 1 heterocycles. The molecule has 1 aromatic rings. The molecular formula is C13H17BrFN. The first-order valence-electron chi connectivity index (χ1n) is 5.83. The van der Waals surface area contributed by atoms with Crippen LogP contribution in [0.5, 0.6) is 0 Å². The minimum Gasteiger partial charge on any atom is -0.299 e. The van der Waals surface area contributed by atoms with E-state index in [4.69, 9.17) is 0 Å². The number of nitrogens with zero attached hydrogens (tertiary/aromatic N) is 1. The van der Waals surface area contributed by atoms with Gasteiger partial charge in [-0.05, 0) is 50.6 Å². The molecule has 1 aromatic carbocycles. The molecule has 1 saturated heterocycles. The highest BCUT2D eigenvalue weighted by molar-refractivity contribution is 9.10. The van der Waals surface area contributed by atoms with Gasteiger partial charge in [-0.3, -0.25) is 4.90 Å². The van der Waals surface area contributed by atoms with Crippen molar-refractivity contribution < 1.29 is 4.39 Å². The number of piperidine rings is 1. The molecule has 0 aliphatic carbocycles. The van der Waals surface area contributed by atoms with Crippen molar-refractivity contribution >= 4 is 15.9 Å². The first-order chi connectivity index (χ1) is 7.66. The first kappa shape index (κ1) is 12.1. The summed E-state index contributed by atoms with van der Waals surface area (Å²) in [5, 5.41) is 0. The van der Waals surface area contributed by atoms with Gasteiger partial charge in [-0.15, -0.1) is 0 Å². The van der Waals surface area contributed by atoms with E-state index in [-0.39, 0.29) is 5.82 Å². The van der Waals surface area contributed by atoms with Crippen LogP contribution in [0.4, 0.5) is 4.39 Å². The van der Waals surface area contributed by atoms with Crippen molar-refractivity contribution in [2.45, 2.75) is 32.7 Å². The zero-order chi connectivity index (χ0) is 11.5. The van der Waals surface area contributed by atoms with Crippen LogP contribution in [0.15, 0.2) is 16.6 Å². The fraction of sp³-hybridized carbons (Fsp3) is 0.538. The average molecular weight is 286 g/mol. The van der Waals surface area contributed by atoms with E-state index in [1.807, 2.05) is 19.1 Å². The van der Waals surface area contributed by atoms with Crippen LogP contribution in [0.3, 0.4) is 0 Å². The summed E-state index contributed by atoms with van der Waals surface area (Å²) in [5.74, 6) is -0.0474. The van der Waals surface area contributed by atoms with E-state index in [1.54, 1.807) is 0 Å². The Morgan fingerprint density at radius 3 is 2.62 bits per heavy atom. The smallest absolute Gasteiger partial charge is 0.130 e. The lowest BCUT2D eigenvalue weighted by Gasteiger charge is -2.26. The van der Waals surface area contributed by atoms with Crippen LogP contribution in [-0.2, 0) is 6.54 Å². The Morgan fingerprint density at radius 1 is 1.25 bits per heavy atom. The lowest BCUT2D eigenvalue weighted by molar-refractivity contribution is 0.218. The van der Waals surface area contributed by atoms with Crippen LogP contribution in [0.25, 0.3) is 0 Å². The summed E-state index contributed by atoms with van der Waals surface area (Å²) < 4.78 is 14.9. The molecule has 88 valence electrons. The third kappa shape index (κ3) is 2.83. The molecule has 3 heteroatoms. The van der Waals surface area contributed by atoms with Gasteiger partial charge in [-0.2, -0.15) is 0 Å². The molecule has 0 atom stereocenters. The fourth-order valence-corrected chi connectivity index (χ4v) is 2.89. The molecular weight excluding hydrogens is 269 g/mol. The summed E-state index contributed by atoms with van der Waals surface area (Å²) in [4.78, 5) is 2.34. The fourth-order valence-electron chi connectivity index (χ4n) is 2.27. The van der Waals surface area contributed by atoms with Crippen molar-refractivity contribution in [3.05, 3.63) is 33.5 Å². The molecule has 0 saturated carbocycles. The number of halogens is 2. The third-order valence-corrected chi connectivity index (χ3v) is 3.60. The second-order valence-electron chi connectivity index (χ2n) is 4.53. The van der Waals surface area contributed by atoms with Crippen LogP contribution >= 0.6 is 15.9 Å². The van der Waals surface area contributed by atoms with E-state index >= 15 is 0 Å². The Hall–Kier alpha value is -0.410. The number of hydrogen-bond donors (Lipinski definition) is 0. The summed E-state index contributed by atoms with van der Waals surface area (Å²) in [5.41, 5.74) is 1.54. The largest absolute Gasteiger partial charge is 0.299 e. The van der Waals surface area contributed by atoms with Crippen molar-refractivity contribution in [2.24, 2.45) is 0 Å². The number of hydrogen-bond acceptors (Lipinski definition) is 1. The molecule has 0 unspecified atom stereocenters. The zero-order valence-electron chi connectivity index (χ0n) is 9.60. The lowest BCUT2D eigenvalue weighted by Crippen LogP contribution is -2.29. The second-order valence-corrected chi connectivity index (χ2v) is 5.45. The number of likely N-dealkylation sites (tertiary alicyclic amines) is 1. The van der Waals surface area contributed by atoms with Gasteiger partial charge in [0.15, 0.2) is 0 Å². The molecule has 0 aromatic heterocycles. The van der Waals surface area contributed by atoms with E-state index in [0.717, 1.165) is 35.2 Å². The molecule has 2 rings (SSSR count). The van der Waals surface area contributed by atoms with Gasteiger partial charge in [0.2, 0.25) is 0 Å². The molecule has 1 aliphatic rings. The van der Waals surface area contributed by atoms with Crippen molar-refractivity contribution in [2.75, 3.05) is 13.1 Å². The van der Waals surface area contributed by atoms with Gasteiger partial charge in [-0.1, -0.05) is 22.4 Å². The van der Waals surface area contributed by atoms with E-state index in [2.05, 4.69) is 20.8 Å². The Morgan fingerprint density at radius 2 is 1.94 bits per heavy atom. The van der Waals surface area contributed by atoms with Gasteiger partial charge in [0, 0.05) is 16.6 Å². The van der Waals surface area contributed by atoms with Crippen molar-refractivity contribution in [3.63, 3.8) is 0 Å². The first-order valence-corrected chi connectivity index (χ1v) is 6.63. The molecule has 0 radical (unpaired) electrons. The van der Waals surface area contributed by atoms with Crippen LogP contribution in [0.2, 0.25) is 0 Å². The predicted octanol–water partition coefficient (Wildman–Crippen LogP) is 3.88. The topological polar surface area (TPSA) is 3.24 Å². The number of benzene rings is 1. The van der Waals surface area contributed by atoms with Gasteiger partial charge in [-0.25, -0.2) is 4.39 Å². The van der Waals surface area contributed by atoms with Gasteiger partial charge in [0.25, 0.3) is 0 Å². The third-order valence-electron chi connectivity index (χ3n) is 3.14. The van der Waals surface area contributed by atoms with Crippen LogP contribution in [-0.4, -0.2) is 18.0 Å². The monoisotopic (exact) mass is 285 g/mol. The summed E-state index contributed by atoms with van der Waals surface area (Å²) in [6, 6.07) is 3.73. The van der Waals surface area contributed by atoms with Crippen molar-refractivity contribution in [1.82, 2.24) is 4.90 Å². The Kier molecular flexibility index (Phi) is 3.98. The predicted molar refractivity (Wildman–Crippen MR) is 68.0 cm³/mol. The Balaban J connectivity index is 2.13. The maximum absolute atomic E-state index is 13.9. The summed E-state index contributed by atoms with van der Waals surface area (Å²) in [6.45, 7) is 4.77. The van der Waals surface area contributed by atoms with Gasteiger partial charge in [0.05, 0.1) is 0 Å². The quantitative estimate of drug-likeness (QED) is 0.797. The van der Waals surface area contributed by atoms with E-state index in [1.165, 1.54) is 19.3 Å². The molecule has 0 amide bonds. The highest BCUT2D eigenvalue weighted by Crippen LogP contribution is 2.22. The standard InChI is InChI=1S/C13H17BrFN/c1-10-7-12(14)8-11(13(10)15)9-16-5-3-2-4-6-16/h7-8H,2-6,9H2,1H3. The van der Waals surface area contributed by atoms with Gasteiger partial charge in [0.1, 0.15) is 5.82 Å². The minimum atomic E-state index is -0.0474. The molecule has 0 N–H and O–H groups in total.